The zero-order valence-electron chi connectivity index (χ0n) is 11.6. The van der Waals surface area contributed by atoms with E-state index in [9.17, 15) is 0 Å². The maximum Gasteiger partial charge on any atom is 0.0620 e. The first-order chi connectivity index (χ1) is 8.65. The monoisotopic (exact) mass is 252 g/mol. The molecule has 2 atom stereocenters. The number of aromatic nitrogens is 2. The van der Waals surface area contributed by atoms with E-state index in [1.54, 1.807) is 0 Å². The number of morpholine rings is 1. The van der Waals surface area contributed by atoms with Gasteiger partial charge in [-0.25, -0.2) is 0 Å². The molecule has 0 aliphatic carbocycles. The molecule has 102 valence electrons. The van der Waals surface area contributed by atoms with Crippen molar-refractivity contribution in [2.24, 2.45) is 7.05 Å². The van der Waals surface area contributed by atoms with E-state index in [1.807, 2.05) is 17.9 Å². The molecule has 0 spiro atoms. The number of ether oxygens (including phenoxy) is 1. The van der Waals surface area contributed by atoms with Gasteiger partial charge in [0, 0.05) is 44.0 Å². The molecule has 2 rings (SSSR count). The zero-order valence-corrected chi connectivity index (χ0v) is 11.6. The van der Waals surface area contributed by atoms with E-state index >= 15 is 0 Å². The van der Waals surface area contributed by atoms with Crippen LogP contribution in [0.3, 0.4) is 0 Å². The van der Waals surface area contributed by atoms with Crippen LogP contribution in [0.4, 0.5) is 0 Å². The van der Waals surface area contributed by atoms with Crippen LogP contribution in [0, 0.1) is 0 Å². The van der Waals surface area contributed by atoms with Crippen molar-refractivity contribution in [3.63, 3.8) is 0 Å². The number of aryl methyl sites for hydroxylation is 1. The van der Waals surface area contributed by atoms with Crippen LogP contribution >= 0.6 is 0 Å². The first-order valence-corrected chi connectivity index (χ1v) is 6.64. The van der Waals surface area contributed by atoms with Gasteiger partial charge in [-0.1, -0.05) is 0 Å². The van der Waals surface area contributed by atoms with Crippen LogP contribution in [-0.4, -0.2) is 53.6 Å². The highest BCUT2D eigenvalue weighted by Gasteiger charge is 2.19. The number of hydrogen-bond donors (Lipinski definition) is 1. The Hall–Kier alpha value is -0.910. The van der Waals surface area contributed by atoms with Crippen molar-refractivity contribution in [1.29, 1.82) is 0 Å². The number of hydrogen-bond acceptors (Lipinski definition) is 4. The van der Waals surface area contributed by atoms with Gasteiger partial charge < -0.3 is 10.1 Å². The molecule has 2 unspecified atom stereocenters. The third-order valence-electron chi connectivity index (χ3n) is 3.57. The standard InChI is InChI=1S/C13H24N4O/c1-11(6-13-10-18-5-4-14-13)16(2)8-12-7-15-17(3)9-12/h7,9,11,13-14H,4-6,8,10H2,1-3H3. The van der Waals surface area contributed by atoms with E-state index in [4.69, 9.17) is 4.74 Å². The second-order valence-corrected chi connectivity index (χ2v) is 5.25. The fraction of sp³-hybridized carbons (Fsp3) is 0.769. The molecular weight excluding hydrogens is 228 g/mol. The second kappa shape index (κ2) is 6.31. The highest BCUT2D eigenvalue weighted by Crippen LogP contribution is 2.11. The molecule has 18 heavy (non-hydrogen) atoms. The van der Waals surface area contributed by atoms with Gasteiger partial charge in [0.05, 0.1) is 19.4 Å². The van der Waals surface area contributed by atoms with Crippen LogP contribution in [0.1, 0.15) is 18.9 Å². The molecule has 0 amide bonds. The predicted octanol–water partition coefficient (Wildman–Crippen LogP) is 0.619. The van der Waals surface area contributed by atoms with Gasteiger partial charge in [-0.15, -0.1) is 0 Å². The highest BCUT2D eigenvalue weighted by atomic mass is 16.5. The molecule has 1 aliphatic heterocycles. The number of rotatable bonds is 5. The van der Waals surface area contributed by atoms with E-state index in [1.165, 1.54) is 5.56 Å². The minimum Gasteiger partial charge on any atom is -0.379 e. The smallest absolute Gasteiger partial charge is 0.0620 e. The van der Waals surface area contributed by atoms with Crippen molar-refractivity contribution in [1.82, 2.24) is 20.0 Å². The molecule has 1 aliphatic rings. The van der Waals surface area contributed by atoms with Crippen LogP contribution in [0.15, 0.2) is 12.4 Å². The lowest BCUT2D eigenvalue weighted by molar-refractivity contribution is 0.0638. The molecule has 5 heteroatoms. The van der Waals surface area contributed by atoms with Gasteiger partial charge in [-0.05, 0) is 20.4 Å². The summed E-state index contributed by atoms with van der Waals surface area (Å²) in [5.74, 6) is 0. The quantitative estimate of drug-likeness (QED) is 0.834. The Bertz CT molecular complexity index is 360. The summed E-state index contributed by atoms with van der Waals surface area (Å²) in [6.07, 6.45) is 5.13. The van der Waals surface area contributed by atoms with E-state index in [0.717, 1.165) is 32.7 Å². The third-order valence-corrected chi connectivity index (χ3v) is 3.57. The van der Waals surface area contributed by atoms with Gasteiger partial charge in [0.15, 0.2) is 0 Å². The van der Waals surface area contributed by atoms with Gasteiger partial charge in [0.1, 0.15) is 0 Å². The molecule has 0 aromatic carbocycles. The summed E-state index contributed by atoms with van der Waals surface area (Å²) in [5, 5.41) is 7.71. The third kappa shape index (κ3) is 3.80. The van der Waals surface area contributed by atoms with E-state index in [2.05, 4.69) is 35.5 Å². The number of nitrogens with zero attached hydrogens (tertiary/aromatic N) is 3. The Morgan fingerprint density at radius 2 is 2.50 bits per heavy atom. The largest absolute Gasteiger partial charge is 0.379 e. The molecule has 0 saturated carbocycles. The lowest BCUT2D eigenvalue weighted by atomic mass is 10.1. The van der Waals surface area contributed by atoms with Crippen LogP contribution < -0.4 is 5.32 Å². The van der Waals surface area contributed by atoms with E-state index in [0.29, 0.717) is 12.1 Å². The topological polar surface area (TPSA) is 42.3 Å². The first-order valence-electron chi connectivity index (χ1n) is 6.64. The first kappa shape index (κ1) is 13.5. The van der Waals surface area contributed by atoms with Crippen molar-refractivity contribution in [2.45, 2.75) is 32.0 Å². The Kier molecular flexibility index (Phi) is 4.74. The van der Waals surface area contributed by atoms with Crippen molar-refractivity contribution < 1.29 is 4.74 Å². The van der Waals surface area contributed by atoms with Crippen molar-refractivity contribution >= 4 is 0 Å². The molecule has 1 fully saturated rings. The molecule has 2 heterocycles. The fourth-order valence-electron chi connectivity index (χ4n) is 2.36. The molecule has 0 bridgehead atoms. The summed E-state index contributed by atoms with van der Waals surface area (Å²) in [7, 11) is 4.12. The Morgan fingerprint density at radius 1 is 1.67 bits per heavy atom. The van der Waals surface area contributed by atoms with Crippen LogP contribution in [0.5, 0.6) is 0 Å². The normalized spacial score (nSPS) is 22.3. The van der Waals surface area contributed by atoms with Crippen molar-refractivity contribution in [3.8, 4) is 0 Å². The van der Waals surface area contributed by atoms with Gasteiger partial charge in [0.2, 0.25) is 0 Å². The summed E-state index contributed by atoms with van der Waals surface area (Å²) in [6.45, 7) is 5.88. The minimum absolute atomic E-state index is 0.491. The van der Waals surface area contributed by atoms with E-state index < -0.39 is 0 Å². The number of nitrogens with one attached hydrogen (secondary N) is 1. The second-order valence-electron chi connectivity index (χ2n) is 5.25. The average Bonchev–Trinajstić information content (AvgIpc) is 2.76. The summed E-state index contributed by atoms with van der Waals surface area (Å²) in [4.78, 5) is 2.37. The molecular formula is C13H24N4O. The summed E-state index contributed by atoms with van der Waals surface area (Å²) < 4.78 is 7.34. The molecule has 1 N–H and O–H groups in total. The summed E-state index contributed by atoms with van der Waals surface area (Å²) >= 11 is 0. The van der Waals surface area contributed by atoms with Crippen molar-refractivity contribution in [3.05, 3.63) is 18.0 Å². The van der Waals surface area contributed by atoms with Gasteiger partial charge in [0.25, 0.3) is 0 Å². The minimum atomic E-state index is 0.491. The SMILES string of the molecule is CC(CC1COCCN1)N(C)Cc1cnn(C)c1. The molecule has 5 nitrogen and oxygen atoms in total. The van der Waals surface area contributed by atoms with Crippen molar-refractivity contribution in [2.75, 3.05) is 26.8 Å². The molecule has 1 aromatic heterocycles. The maximum atomic E-state index is 5.49. The van der Waals surface area contributed by atoms with Crippen LogP contribution in [-0.2, 0) is 18.3 Å². The Balaban J connectivity index is 1.78. The summed E-state index contributed by atoms with van der Waals surface area (Å²) in [5.41, 5.74) is 1.26. The van der Waals surface area contributed by atoms with Gasteiger partial charge in [-0.3, -0.25) is 9.58 Å². The highest BCUT2D eigenvalue weighted by molar-refractivity contribution is 5.03. The molecule has 1 aromatic rings. The zero-order chi connectivity index (χ0) is 13.0. The van der Waals surface area contributed by atoms with Crippen LogP contribution in [0.2, 0.25) is 0 Å². The fourth-order valence-corrected chi connectivity index (χ4v) is 2.36. The molecule has 0 radical (unpaired) electrons. The van der Waals surface area contributed by atoms with Gasteiger partial charge in [-0.2, -0.15) is 5.10 Å². The maximum absolute atomic E-state index is 5.49. The average molecular weight is 252 g/mol. The van der Waals surface area contributed by atoms with E-state index in [-0.39, 0.29) is 0 Å². The lowest BCUT2D eigenvalue weighted by Crippen LogP contribution is -2.45. The van der Waals surface area contributed by atoms with Crippen LogP contribution in [0.25, 0.3) is 0 Å². The molecule has 1 saturated heterocycles. The van der Waals surface area contributed by atoms with Gasteiger partial charge >= 0.3 is 0 Å². The Labute approximate surface area is 109 Å². The summed E-state index contributed by atoms with van der Waals surface area (Å²) in [6, 6.07) is 1.02. The lowest BCUT2D eigenvalue weighted by Gasteiger charge is -2.30. The Morgan fingerprint density at radius 3 is 3.11 bits per heavy atom. The predicted molar refractivity (Wildman–Crippen MR) is 71.4 cm³/mol.